The maximum Gasteiger partial charge on any atom is 0.367 e. The van der Waals surface area contributed by atoms with Crippen molar-refractivity contribution in [2.24, 2.45) is 5.92 Å². The van der Waals surface area contributed by atoms with Gasteiger partial charge in [0.2, 0.25) is 0 Å². The number of hydrogen-bond acceptors (Lipinski definition) is 6. The van der Waals surface area contributed by atoms with E-state index in [1.807, 2.05) is 0 Å². The molecule has 0 saturated carbocycles. The van der Waals surface area contributed by atoms with E-state index in [2.05, 4.69) is 4.74 Å². The van der Waals surface area contributed by atoms with Crippen molar-refractivity contribution in [3.63, 3.8) is 0 Å². The van der Waals surface area contributed by atoms with Gasteiger partial charge in [-0.2, -0.15) is 5.26 Å². The summed E-state index contributed by atoms with van der Waals surface area (Å²) in [7, 11) is 3.50. The quantitative estimate of drug-likeness (QED) is 0.595. The predicted octanol–water partition coefficient (Wildman–Crippen LogP) is 1.16. The van der Waals surface area contributed by atoms with E-state index in [1.165, 1.54) is 14.2 Å². The lowest BCUT2D eigenvalue weighted by molar-refractivity contribution is -0.240. The van der Waals surface area contributed by atoms with Gasteiger partial charge in [0.1, 0.15) is 0 Å². The van der Waals surface area contributed by atoms with Crippen molar-refractivity contribution in [1.82, 2.24) is 0 Å². The van der Waals surface area contributed by atoms with Gasteiger partial charge in [-0.25, -0.2) is 4.79 Å². The highest BCUT2D eigenvalue weighted by atomic mass is 16.7. The Balaban J connectivity index is 3.57. The molecule has 0 aliphatic heterocycles. The molecule has 0 saturated heterocycles. The van der Waals surface area contributed by atoms with Gasteiger partial charge in [0.15, 0.2) is 5.92 Å². The van der Waals surface area contributed by atoms with E-state index in [9.17, 15) is 20.0 Å². The topological polar surface area (TPSA) is 106 Å². The summed E-state index contributed by atoms with van der Waals surface area (Å²) in [6.45, 7) is 0. The molecule has 0 amide bonds. The zero-order valence-corrected chi connectivity index (χ0v) is 12.5. The minimum absolute atomic E-state index is 0.408. The Kier molecular flexibility index (Phi) is 6.04. The Labute approximate surface area is 128 Å². The van der Waals surface area contributed by atoms with Crippen molar-refractivity contribution in [2.75, 3.05) is 21.3 Å². The van der Waals surface area contributed by atoms with Gasteiger partial charge < -0.3 is 19.3 Å². The second kappa shape index (κ2) is 7.54. The Morgan fingerprint density at radius 2 is 1.73 bits per heavy atom. The van der Waals surface area contributed by atoms with Gasteiger partial charge in [0.05, 0.1) is 19.1 Å². The molecule has 1 N–H and O–H groups in total. The smallest absolute Gasteiger partial charge is 0.367 e. The predicted molar refractivity (Wildman–Crippen MR) is 74.7 cm³/mol. The number of carboxylic acid groups (broad SMARTS) is 1. The number of esters is 1. The normalized spacial score (nSPS) is 13.7. The largest absolute Gasteiger partial charge is 0.480 e. The first-order chi connectivity index (χ1) is 10.5. The highest BCUT2D eigenvalue weighted by Gasteiger charge is 2.54. The van der Waals surface area contributed by atoms with E-state index in [0.717, 1.165) is 7.11 Å². The van der Waals surface area contributed by atoms with Crippen molar-refractivity contribution in [1.29, 1.82) is 5.26 Å². The molecule has 0 heterocycles. The van der Waals surface area contributed by atoms with Crippen molar-refractivity contribution in [3.05, 3.63) is 35.9 Å². The number of nitrogens with zero attached hydrogens (tertiary/aromatic N) is 1. The average molecular weight is 307 g/mol. The number of aliphatic carboxylic acids is 1. The van der Waals surface area contributed by atoms with E-state index in [4.69, 9.17) is 9.47 Å². The number of nitriles is 1. The molecule has 0 spiro atoms. The molecular formula is C15H17NO6. The minimum atomic E-state index is -2.05. The third-order valence-corrected chi connectivity index (χ3v) is 3.38. The molecule has 7 heteroatoms. The number of carboxylic acids is 1. The molecule has 0 bridgehead atoms. The standard InChI is InChI=1S/C15H17NO6/c1-20-14(19)15(21-2,22-3)12(11(9-16)13(17)18)10-7-5-4-6-8-10/h4-8,11-12H,1-3H3,(H,17,18)/t11-,12-/m1/s1. The Morgan fingerprint density at radius 3 is 2.09 bits per heavy atom. The second-order valence-electron chi connectivity index (χ2n) is 4.40. The molecule has 1 rings (SSSR count). The maximum atomic E-state index is 12.2. The summed E-state index contributed by atoms with van der Waals surface area (Å²) in [6, 6.07) is 9.91. The molecule has 0 aliphatic rings. The van der Waals surface area contributed by atoms with E-state index in [-0.39, 0.29) is 0 Å². The molecule has 0 radical (unpaired) electrons. The number of methoxy groups -OCH3 is 3. The summed E-state index contributed by atoms with van der Waals surface area (Å²) in [5.41, 5.74) is 0.408. The molecule has 0 aromatic heterocycles. The number of carbonyl (C=O) groups is 2. The van der Waals surface area contributed by atoms with Gasteiger partial charge in [-0.3, -0.25) is 4.79 Å². The first kappa shape index (κ1) is 17.6. The van der Waals surface area contributed by atoms with Crippen LogP contribution in [0.5, 0.6) is 0 Å². The third-order valence-electron chi connectivity index (χ3n) is 3.38. The molecule has 118 valence electrons. The van der Waals surface area contributed by atoms with Gasteiger partial charge in [-0.15, -0.1) is 0 Å². The number of hydrogen-bond donors (Lipinski definition) is 1. The monoisotopic (exact) mass is 307 g/mol. The lowest BCUT2D eigenvalue weighted by atomic mass is 9.80. The van der Waals surface area contributed by atoms with Gasteiger partial charge >= 0.3 is 11.9 Å². The van der Waals surface area contributed by atoms with Gasteiger partial charge in [0.25, 0.3) is 5.79 Å². The number of ether oxygens (including phenoxy) is 3. The fourth-order valence-electron chi connectivity index (χ4n) is 2.34. The second-order valence-corrected chi connectivity index (χ2v) is 4.40. The molecule has 1 aromatic rings. The molecule has 0 aliphatic carbocycles. The number of rotatable bonds is 7. The van der Waals surface area contributed by atoms with Crippen molar-refractivity contribution < 1.29 is 28.9 Å². The summed E-state index contributed by atoms with van der Waals surface area (Å²) in [5.74, 6) is -7.14. The lowest BCUT2D eigenvalue weighted by Crippen LogP contribution is -2.52. The minimum Gasteiger partial charge on any atom is -0.480 e. The van der Waals surface area contributed by atoms with Crippen LogP contribution in [0.3, 0.4) is 0 Å². The first-order valence-corrected chi connectivity index (χ1v) is 6.34. The van der Waals surface area contributed by atoms with Crippen LogP contribution < -0.4 is 0 Å². The van der Waals surface area contributed by atoms with Crippen LogP contribution >= 0.6 is 0 Å². The van der Waals surface area contributed by atoms with Crippen LogP contribution in [0.4, 0.5) is 0 Å². The molecule has 7 nitrogen and oxygen atoms in total. The molecule has 0 fully saturated rings. The fourth-order valence-corrected chi connectivity index (χ4v) is 2.34. The SMILES string of the molecule is COC(=O)C(OC)(OC)[C@H](c1ccccc1)[C@@H](C#N)C(=O)O. The Hall–Kier alpha value is -2.43. The van der Waals surface area contributed by atoms with Crippen LogP contribution in [0, 0.1) is 17.2 Å². The van der Waals surface area contributed by atoms with Gasteiger partial charge in [-0.05, 0) is 5.56 Å². The average Bonchev–Trinajstić information content (AvgIpc) is 2.55. The van der Waals surface area contributed by atoms with Crippen LogP contribution in [0.25, 0.3) is 0 Å². The van der Waals surface area contributed by atoms with E-state index in [0.29, 0.717) is 5.56 Å². The van der Waals surface area contributed by atoms with Crippen molar-refractivity contribution in [2.45, 2.75) is 11.7 Å². The van der Waals surface area contributed by atoms with E-state index < -0.39 is 29.6 Å². The van der Waals surface area contributed by atoms with Crippen molar-refractivity contribution in [3.8, 4) is 6.07 Å². The fraction of sp³-hybridized carbons (Fsp3) is 0.400. The summed E-state index contributed by atoms with van der Waals surface area (Å²) in [5, 5.41) is 18.6. The summed E-state index contributed by atoms with van der Waals surface area (Å²) in [4.78, 5) is 23.6. The summed E-state index contributed by atoms with van der Waals surface area (Å²) >= 11 is 0. The lowest BCUT2D eigenvalue weighted by Gasteiger charge is -2.36. The highest BCUT2D eigenvalue weighted by molar-refractivity contribution is 5.83. The Bertz CT molecular complexity index is 561. The molecular weight excluding hydrogens is 290 g/mol. The van der Waals surface area contributed by atoms with E-state index in [1.54, 1.807) is 36.4 Å². The maximum absolute atomic E-state index is 12.2. The van der Waals surface area contributed by atoms with Gasteiger partial charge in [-0.1, -0.05) is 30.3 Å². The molecule has 1 aromatic carbocycles. The molecule has 22 heavy (non-hydrogen) atoms. The molecule has 2 atom stereocenters. The zero-order valence-electron chi connectivity index (χ0n) is 12.5. The Morgan fingerprint density at radius 1 is 1.18 bits per heavy atom. The number of carbonyl (C=O) groups excluding carboxylic acids is 1. The van der Waals surface area contributed by atoms with Crippen LogP contribution in [0.15, 0.2) is 30.3 Å². The zero-order chi connectivity index (χ0) is 16.8. The number of benzene rings is 1. The van der Waals surface area contributed by atoms with Crippen LogP contribution in [0.1, 0.15) is 11.5 Å². The summed E-state index contributed by atoms with van der Waals surface area (Å²) < 4.78 is 15.0. The van der Waals surface area contributed by atoms with Gasteiger partial charge in [0, 0.05) is 14.2 Å². The van der Waals surface area contributed by atoms with Crippen LogP contribution in [-0.4, -0.2) is 44.2 Å². The summed E-state index contributed by atoms with van der Waals surface area (Å²) in [6.07, 6.45) is 0. The molecule has 0 unspecified atom stereocenters. The van der Waals surface area contributed by atoms with Crippen LogP contribution in [-0.2, 0) is 23.8 Å². The van der Waals surface area contributed by atoms with Crippen molar-refractivity contribution >= 4 is 11.9 Å². The highest BCUT2D eigenvalue weighted by Crippen LogP contribution is 2.39. The van der Waals surface area contributed by atoms with Crippen LogP contribution in [0.2, 0.25) is 0 Å². The van der Waals surface area contributed by atoms with E-state index >= 15 is 0 Å². The first-order valence-electron chi connectivity index (χ1n) is 6.34. The third kappa shape index (κ3) is 3.08.